The third-order valence-corrected chi connectivity index (χ3v) is 5.75. The van der Waals surface area contributed by atoms with E-state index in [9.17, 15) is 9.59 Å². The van der Waals surface area contributed by atoms with Gasteiger partial charge in [0.2, 0.25) is 6.41 Å². The molecule has 6 nitrogen and oxygen atoms in total. The smallest absolute Gasteiger partial charge is 0.270 e. The highest BCUT2D eigenvalue weighted by Gasteiger charge is 2.39. The number of hydrogen-bond donors (Lipinski definition) is 2. The number of amides is 2. The summed E-state index contributed by atoms with van der Waals surface area (Å²) in [5.74, 6) is -0.142. The fourth-order valence-corrected chi connectivity index (χ4v) is 4.54. The summed E-state index contributed by atoms with van der Waals surface area (Å²) in [6, 6.07) is 2.91. The van der Waals surface area contributed by atoms with E-state index >= 15 is 0 Å². The van der Waals surface area contributed by atoms with Crippen molar-refractivity contribution in [1.82, 2.24) is 15.6 Å². The van der Waals surface area contributed by atoms with Gasteiger partial charge in [0.1, 0.15) is 5.69 Å². The van der Waals surface area contributed by atoms with Crippen molar-refractivity contribution in [1.29, 1.82) is 0 Å². The van der Waals surface area contributed by atoms with E-state index < -0.39 is 0 Å². The van der Waals surface area contributed by atoms with Crippen molar-refractivity contribution in [2.75, 3.05) is 11.9 Å². The van der Waals surface area contributed by atoms with Crippen LogP contribution in [0.2, 0.25) is 0 Å². The fourth-order valence-electron chi connectivity index (χ4n) is 3.60. The number of nitrogens with one attached hydrogen (secondary N) is 2. The number of carbonyl (C=O) groups is 2. The predicted octanol–water partition coefficient (Wildman–Crippen LogP) is 1.51. The molecule has 2 aliphatic heterocycles. The minimum absolute atomic E-state index is 0.142. The van der Waals surface area contributed by atoms with Gasteiger partial charge in [0.15, 0.2) is 0 Å². The third kappa shape index (κ3) is 2.49. The Bertz CT molecular complexity index is 775. The van der Waals surface area contributed by atoms with E-state index in [4.69, 9.17) is 0 Å². The number of hydrogen-bond acceptors (Lipinski definition) is 5. The van der Waals surface area contributed by atoms with Crippen molar-refractivity contribution in [3.05, 3.63) is 23.3 Å². The molecular weight excluding hydrogens is 312 g/mol. The second-order valence-corrected chi connectivity index (χ2v) is 7.18. The molecule has 0 aliphatic carbocycles. The largest absolute Gasteiger partial charge is 0.346 e. The molecule has 0 spiro atoms. The first kappa shape index (κ1) is 14.6. The summed E-state index contributed by atoms with van der Waals surface area (Å²) in [5, 5.41) is 9.41. The maximum Gasteiger partial charge on any atom is 0.270 e. The molecule has 2 fully saturated rings. The lowest BCUT2D eigenvalue weighted by Gasteiger charge is -2.21. The zero-order valence-electron chi connectivity index (χ0n) is 12.8. The molecule has 2 aromatic rings. The summed E-state index contributed by atoms with van der Waals surface area (Å²) < 4.78 is 0.965. The van der Waals surface area contributed by atoms with Crippen LogP contribution in [0.4, 0.5) is 5.69 Å². The van der Waals surface area contributed by atoms with E-state index in [1.165, 1.54) is 22.7 Å². The van der Waals surface area contributed by atoms with Gasteiger partial charge in [-0.1, -0.05) is 0 Å². The molecular formula is C16H18N4O2S. The monoisotopic (exact) mass is 330 g/mol. The van der Waals surface area contributed by atoms with Crippen molar-refractivity contribution in [3.63, 3.8) is 0 Å². The van der Waals surface area contributed by atoms with Gasteiger partial charge in [-0.25, -0.2) is 4.98 Å². The lowest BCUT2D eigenvalue weighted by molar-refractivity contribution is -0.107. The third-order valence-electron chi connectivity index (χ3n) is 4.83. The number of anilines is 1. The Hall–Kier alpha value is -1.99. The van der Waals surface area contributed by atoms with Crippen LogP contribution in [-0.4, -0.2) is 42.5 Å². The molecule has 2 aromatic heterocycles. The van der Waals surface area contributed by atoms with E-state index in [1.54, 1.807) is 19.3 Å². The normalized spacial score (nSPS) is 25.7. The Morgan fingerprint density at radius 3 is 3.09 bits per heavy atom. The van der Waals surface area contributed by atoms with Gasteiger partial charge in [0, 0.05) is 42.1 Å². The molecule has 0 aromatic carbocycles. The molecule has 23 heavy (non-hydrogen) atoms. The molecule has 0 radical (unpaired) electrons. The molecule has 2 amide bonds. The lowest BCUT2D eigenvalue weighted by Crippen LogP contribution is -2.43. The average Bonchev–Trinajstić information content (AvgIpc) is 3.28. The van der Waals surface area contributed by atoms with Crippen molar-refractivity contribution in [3.8, 4) is 0 Å². The van der Waals surface area contributed by atoms with Gasteiger partial charge in [-0.2, -0.15) is 0 Å². The number of aromatic nitrogens is 1. The summed E-state index contributed by atoms with van der Waals surface area (Å²) in [6.45, 7) is 0. The molecule has 0 unspecified atom stereocenters. The second-order valence-electron chi connectivity index (χ2n) is 6.27. The standard InChI is InChI=1S/C16H18N4O2S/c1-20(8-21)14-7-23-15-6-17-13(5-10(14)15)16(22)19-12-4-9-2-3-11(12)18-9/h5-9,11-12,18H,2-4H2,1H3,(H,19,22)/t9-,11+,12-/m1/s1. The summed E-state index contributed by atoms with van der Waals surface area (Å²) in [7, 11) is 1.70. The van der Waals surface area contributed by atoms with Crippen molar-refractivity contribution in [2.24, 2.45) is 0 Å². The van der Waals surface area contributed by atoms with E-state index in [0.717, 1.165) is 35.0 Å². The maximum absolute atomic E-state index is 12.5. The maximum atomic E-state index is 12.5. The number of carbonyl (C=O) groups excluding carboxylic acids is 2. The Balaban J connectivity index is 1.58. The van der Waals surface area contributed by atoms with Gasteiger partial charge in [-0.3, -0.25) is 9.59 Å². The molecule has 2 bridgehead atoms. The number of thiophene rings is 1. The summed E-state index contributed by atoms with van der Waals surface area (Å²) in [6.07, 6.45) is 5.80. The molecule has 2 N–H and O–H groups in total. The highest BCUT2D eigenvalue weighted by Crippen LogP contribution is 2.32. The summed E-state index contributed by atoms with van der Waals surface area (Å²) in [5.41, 5.74) is 1.21. The molecule has 2 saturated heterocycles. The SMILES string of the molecule is CN(C=O)c1csc2cnc(C(=O)N[C@@H]3C[C@H]4CC[C@@H]3N4)cc12. The first-order valence-corrected chi connectivity index (χ1v) is 8.66. The molecule has 7 heteroatoms. The molecule has 4 heterocycles. The van der Waals surface area contributed by atoms with Crippen molar-refractivity contribution >= 4 is 39.4 Å². The lowest BCUT2D eigenvalue weighted by atomic mass is 9.95. The van der Waals surface area contributed by atoms with Gasteiger partial charge < -0.3 is 15.5 Å². The molecule has 4 rings (SSSR count). The Labute approximate surface area is 137 Å². The minimum atomic E-state index is -0.142. The predicted molar refractivity (Wildman–Crippen MR) is 89.9 cm³/mol. The van der Waals surface area contributed by atoms with Gasteiger partial charge >= 0.3 is 0 Å². The van der Waals surface area contributed by atoms with Crippen LogP contribution >= 0.6 is 11.3 Å². The Morgan fingerprint density at radius 2 is 2.39 bits per heavy atom. The Morgan fingerprint density at radius 1 is 1.52 bits per heavy atom. The van der Waals surface area contributed by atoms with E-state index in [1.807, 2.05) is 5.38 Å². The molecule has 0 saturated carbocycles. The highest BCUT2D eigenvalue weighted by atomic mass is 32.1. The highest BCUT2D eigenvalue weighted by molar-refractivity contribution is 7.17. The van der Waals surface area contributed by atoms with Crippen LogP contribution in [0.15, 0.2) is 17.6 Å². The van der Waals surface area contributed by atoms with Crippen LogP contribution < -0.4 is 15.5 Å². The van der Waals surface area contributed by atoms with Crippen LogP contribution in [0, 0.1) is 0 Å². The number of nitrogens with zero attached hydrogens (tertiary/aromatic N) is 2. The fraction of sp³-hybridized carbons (Fsp3) is 0.438. The Kier molecular flexibility index (Phi) is 3.54. The first-order chi connectivity index (χ1) is 11.2. The summed E-state index contributed by atoms with van der Waals surface area (Å²) >= 11 is 1.52. The van der Waals surface area contributed by atoms with Gasteiger partial charge in [0.05, 0.1) is 10.4 Å². The zero-order valence-corrected chi connectivity index (χ0v) is 13.6. The van der Waals surface area contributed by atoms with Crippen molar-refractivity contribution < 1.29 is 9.59 Å². The average molecular weight is 330 g/mol. The molecule has 2 aliphatic rings. The topological polar surface area (TPSA) is 74.3 Å². The van der Waals surface area contributed by atoms with Gasteiger partial charge in [-0.15, -0.1) is 11.3 Å². The van der Waals surface area contributed by atoms with Crippen LogP contribution in [0.5, 0.6) is 0 Å². The molecule has 120 valence electrons. The van der Waals surface area contributed by atoms with E-state index in [2.05, 4.69) is 15.6 Å². The van der Waals surface area contributed by atoms with Crippen LogP contribution in [0.1, 0.15) is 29.8 Å². The van der Waals surface area contributed by atoms with Gasteiger partial charge in [-0.05, 0) is 25.3 Å². The first-order valence-electron chi connectivity index (χ1n) is 7.78. The van der Waals surface area contributed by atoms with Gasteiger partial charge in [0.25, 0.3) is 5.91 Å². The quantitative estimate of drug-likeness (QED) is 0.834. The second kappa shape index (κ2) is 5.58. The number of fused-ring (bicyclic) bond motifs is 3. The van der Waals surface area contributed by atoms with E-state index in [-0.39, 0.29) is 11.9 Å². The minimum Gasteiger partial charge on any atom is -0.346 e. The summed E-state index contributed by atoms with van der Waals surface area (Å²) in [4.78, 5) is 29.3. The number of pyridine rings is 1. The van der Waals surface area contributed by atoms with Crippen LogP contribution in [0.25, 0.3) is 10.1 Å². The zero-order chi connectivity index (χ0) is 16.0. The van der Waals surface area contributed by atoms with Crippen LogP contribution in [-0.2, 0) is 4.79 Å². The van der Waals surface area contributed by atoms with Crippen molar-refractivity contribution in [2.45, 2.75) is 37.4 Å². The van der Waals surface area contributed by atoms with E-state index in [0.29, 0.717) is 17.8 Å². The van der Waals surface area contributed by atoms with Crippen LogP contribution in [0.3, 0.4) is 0 Å². The molecule has 3 atom stereocenters. The number of rotatable bonds is 4.